The van der Waals surface area contributed by atoms with Gasteiger partial charge in [-0.2, -0.15) is 0 Å². The summed E-state index contributed by atoms with van der Waals surface area (Å²) in [5.41, 5.74) is 2.53. The fourth-order valence-corrected chi connectivity index (χ4v) is 2.02. The third-order valence-corrected chi connectivity index (χ3v) is 3.41. The predicted molar refractivity (Wildman–Crippen MR) is 58.7 cm³/mol. The molecule has 76 valence electrons. The van der Waals surface area contributed by atoms with Crippen molar-refractivity contribution >= 4 is 14.9 Å². The van der Waals surface area contributed by atoms with Crippen LogP contribution >= 0.6 is 0 Å². The Balaban J connectivity index is 2.63. The van der Waals surface area contributed by atoms with Crippen LogP contribution in [0.25, 0.3) is 0 Å². The molecule has 2 radical (unpaired) electrons. The van der Waals surface area contributed by atoms with Gasteiger partial charge in [0.05, 0.1) is 0 Å². The minimum Gasteiger partial charge on any atom is -0.387 e. The van der Waals surface area contributed by atoms with E-state index < -0.39 is 6.29 Å². The molecule has 3 heteroatoms. The van der Waals surface area contributed by atoms with E-state index >= 15 is 0 Å². The highest BCUT2D eigenvalue weighted by Crippen LogP contribution is 2.02. The topological polar surface area (TPSA) is 29.5 Å². The third-order valence-electron chi connectivity index (χ3n) is 2.26. The number of hydrogen-bond acceptors (Lipinski definition) is 2. The van der Waals surface area contributed by atoms with Crippen molar-refractivity contribution in [1.29, 1.82) is 0 Å². The average molecular weight is 208 g/mol. The van der Waals surface area contributed by atoms with Crippen LogP contribution in [0.2, 0.25) is 0 Å². The summed E-state index contributed by atoms with van der Waals surface area (Å²) in [5.74, 6) is 0. The second kappa shape index (κ2) is 5.29. The molecule has 1 atom stereocenters. The van der Waals surface area contributed by atoms with Crippen molar-refractivity contribution in [2.24, 2.45) is 0 Å². The molecule has 0 saturated heterocycles. The van der Waals surface area contributed by atoms with Gasteiger partial charge in [-0.3, -0.25) is 0 Å². The smallest absolute Gasteiger partial charge is 0.272 e. The Kier molecular flexibility index (Phi) is 4.32. The molecule has 1 rings (SSSR count). The molecule has 0 aliphatic heterocycles. The first-order chi connectivity index (χ1) is 6.65. The van der Waals surface area contributed by atoms with Gasteiger partial charge in [0.25, 0.3) is 9.76 Å². The van der Waals surface area contributed by atoms with Gasteiger partial charge in [0.2, 0.25) is 0 Å². The van der Waals surface area contributed by atoms with Crippen LogP contribution in [0, 0.1) is 13.8 Å². The minimum atomic E-state index is -0.631. The Morgan fingerprint density at radius 3 is 2.79 bits per heavy atom. The molecule has 1 unspecified atom stereocenters. The Hall–Kier alpha value is -0.643. The second-order valence-electron chi connectivity index (χ2n) is 3.33. The molecule has 1 aromatic carbocycles. The summed E-state index contributed by atoms with van der Waals surface area (Å²) in [5, 5.41) is 10.4. The predicted octanol–water partition coefficient (Wildman–Crippen LogP) is 1.29. The molecule has 0 spiro atoms. The van der Waals surface area contributed by atoms with E-state index in [1.54, 1.807) is 0 Å². The van der Waals surface area contributed by atoms with Gasteiger partial charge in [-0.15, -0.1) is 0 Å². The molecule has 1 N–H and O–H groups in total. The first-order valence-electron chi connectivity index (χ1n) is 4.81. The fraction of sp³-hybridized carbons (Fsp3) is 0.455. The van der Waals surface area contributed by atoms with Crippen LogP contribution in [0.3, 0.4) is 0 Å². The molecule has 0 heterocycles. The molecule has 14 heavy (non-hydrogen) atoms. The summed E-state index contributed by atoms with van der Waals surface area (Å²) >= 11 is 0. The lowest BCUT2D eigenvalue weighted by atomic mass is 10.1. The maximum Gasteiger partial charge on any atom is 0.272 e. The van der Waals surface area contributed by atoms with E-state index in [4.69, 9.17) is 4.43 Å². The molecular weight excluding hydrogens is 192 g/mol. The van der Waals surface area contributed by atoms with Gasteiger partial charge in [0.15, 0.2) is 0 Å². The molecule has 1 aromatic rings. The fourth-order valence-electron chi connectivity index (χ4n) is 1.08. The Labute approximate surface area is 87.9 Å². The van der Waals surface area contributed by atoms with Crippen LogP contribution in [0.5, 0.6) is 0 Å². The summed E-state index contributed by atoms with van der Waals surface area (Å²) in [7, 11) is 0.237. The monoisotopic (exact) mass is 208 g/mol. The van der Waals surface area contributed by atoms with Crippen molar-refractivity contribution in [3.8, 4) is 0 Å². The molecule has 2 nitrogen and oxygen atoms in total. The molecule has 0 bridgehead atoms. The summed E-state index contributed by atoms with van der Waals surface area (Å²) in [6.07, 6.45) is 0.00552. The van der Waals surface area contributed by atoms with E-state index in [-0.39, 0.29) is 9.76 Å². The molecule has 0 aliphatic rings. The van der Waals surface area contributed by atoms with Gasteiger partial charge in [-0.25, -0.2) is 0 Å². The summed E-state index contributed by atoms with van der Waals surface area (Å²) < 4.78 is 5.30. The summed E-state index contributed by atoms with van der Waals surface area (Å²) in [6.45, 7) is 6.07. The van der Waals surface area contributed by atoms with Gasteiger partial charge in [0.1, 0.15) is 6.29 Å². The highest BCUT2D eigenvalue weighted by molar-refractivity contribution is 6.47. The van der Waals surface area contributed by atoms with E-state index in [0.717, 1.165) is 0 Å². The van der Waals surface area contributed by atoms with E-state index in [9.17, 15) is 5.11 Å². The van der Waals surface area contributed by atoms with Gasteiger partial charge < -0.3 is 9.53 Å². The van der Waals surface area contributed by atoms with Gasteiger partial charge in [-0.05, 0) is 36.6 Å². The highest BCUT2D eigenvalue weighted by Gasteiger charge is 2.06. The molecule has 0 aromatic heterocycles. The van der Waals surface area contributed by atoms with Crippen LogP contribution in [0.4, 0.5) is 0 Å². The number of aliphatic hydroxyl groups is 1. The van der Waals surface area contributed by atoms with Crippen molar-refractivity contribution in [2.45, 2.75) is 33.5 Å². The molecular formula is C11H16O2Si. The van der Waals surface area contributed by atoms with Gasteiger partial charge in [0, 0.05) is 0 Å². The quantitative estimate of drug-likeness (QED) is 0.597. The Morgan fingerprint density at radius 2 is 2.14 bits per heavy atom. The summed E-state index contributed by atoms with van der Waals surface area (Å²) in [4.78, 5) is 0. The third kappa shape index (κ3) is 2.94. The van der Waals surface area contributed by atoms with Crippen molar-refractivity contribution in [2.75, 3.05) is 0 Å². The van der Waals surface area contributed by atoms with Crippen LogP contribution in [0.1, 0.15) is 24.5 Å². The number of aliphatic hydroxyl groups excluding tert-OH is 1. The van der Waals surface area contributed by atoms with Crippen molar-refractivity contribution in [3.05, 3.63) is 29.3 Å². The average Bonchev–Trinajstić information content (AvgIpc) is 2.20. The zero-order valence-corrected chi connectivity index (χ0v) is 9.87. The van der Waals surface area contributed by atoms with Crippen molar-refractivity contribution in [1.82, 2.24) is 0 Å². The minimum absolute atomic E-state index is 0.237. The van der Waals surface area contributed by atoms with Crippen LogP contribution < -0.4 is 5.19 Å². The summed E-state index contributed by atoms with van der Waals surface area (Å²) in [6, 6.07) is 6.15. The molecule has 0 amide bonds. The van der Waals surface area contributed by atoms with Crippen LogP contribution in [-0.2, 0) is 4.43 Å². The molecule has 0 aliphatic carbocycles. The zero-order chi connectivity index (χ0) is 10.6. The van der Waals surface area contributed by atoms with Gasteiger partial charge in [-0.1, -0.05) is 25.1 Å². The van der Waals surface area contributed by atoms with Crippen LogP contribution in [0.15, 0.2) is 18.2 Å². The van der Waals surface area contributed by atoms with Crippen molar-refractivity contribution < 1.29 is 9.53 Å². The van der Waals surface area contributed by atoms with Crippen molar-refractivity contribution in [3.63, 3.8) is 0 Å². The highest BCUT2D eigenvalue weighted by atomic mass is 28.2. The largest absolute Gasteiger partial charge is 0.387 e. The molecule has 0 saturated carbocycles. The first-order valence-corrected chi connectivity index (χ1v) is 5.72. The lowest BCUT2D eigenvalue weighted by molar-refractivity contribution is -0.0157. The zero-order valence-electron chi connectivity index (χ0n) is 8.87. The Morgan fingerprint density at radius 1 is 1.43 bits per heavy atom. The normalized spacial score (nSPS) is 12.9. The maximum absolute atomic E-state index is 9.26. The van der Waals surface area contributed by atoms with E-state index in [1.165, 1.54) is 16.3 Å². The van der Waals surface area contributed by atoms with Gasteiger partial charge >= 0.3 is 0 Å². The maximum atomic E-state index is 9.26. The number of benzene rings is 1. The first kappa shape index (κ1) is 11.4. The SMILES string of the molecule is CCC(O)O[Si]c1cccc(C)c1C. The van der Waals surface area contributed by atoms with Crippen LogP contribution in [-0.4, -0.2) is 21.2 Å². The second-order valence-corrected chi connectivity index (χ2v) is 4.31. The molecule has 0 fully saturated rings. The Bertz CT molecular complexity index is 299. The standard InChI is InChI=1S/C11H16O2Si/c1-4-11(12)13-14-10-7-5-6-8(2)9(10)3/h5-7,11-12H,4H2,1-3H3. The van der Waals surface area contributed by atoms with E-state index in [0.29, 0.717) is 6.42 Å². The lowest BCUT2D eigenvalue weighted by Crippen LogP contribution is -2.25. The lowest BCUT2D eigenvalue weighted by Gasteiger charge is -2.11. The number of aryl methyl sites for hydroxylation is 1. The number of rotatable bonds is 4. The number of hydrogen-bond donors (Lipinski definition) is 1. The van der Waals surface area contributed by atoms with E-state index in [2.05, 4.69) is 19.9 Å². The van der Waals surface area contributed by atoms with E-state index in [1.807, 2.05) is 19.1 Å².